The van der Waals surface area contributed by atoms with Crippen LogP contribution in [-0.2, 0) is 29.1 Å². The third kappa shape index (κ3) is 6.17. The number of nitrogens with zero attached hydrogens (tertiary/aromatic N) is 3. The fourth-order valence-electron chi connectivity index (χ4n) is 3.74. The first kappa shape index (κ1) is 22.5. The van der Waals surface area contributed by atoms with Crippen LogP contribution in [0.15, 0.2) is 54.6 Å². The molecule has 164 valence electrons. The molecule has 3 aromatic rings. The Morgan fingerprint density at radius 1 is 0.968 bits per heavy atom. The zero-order valence-corrected chi connectivity index (χ0v) is 18.5. The molecule has 6 heteroatoms. The maximum absolute atomic E-state index is 13.0. The SMILES string of the molecule is CCCN(CCC)C(=O)Cn1c(CNC(=O)CCc2ccccc2)nc2ccccc21. The Hall–Kier alpha value is -3.15. The summed E-state index contributed by atoms with van der Waals surface area (Å²) in [6.45, 7) is 6.21. The summed E-state index contributed by atoms with van der Waals surface area (Å²) in [7, 11) is 0. The lowest BCUT2D eigenvalue weighted by Crippen LogP contribution is -2.36. The summed E-state index contributed by atoms with van der Waals surface area (Å²) in [6.07, 6.45) is 2.98. The third-order valence-electron chi connectivity index (χ3n) is 5.29. The predicted octanol–water partition coefficient (Wildman–Crippen LogP) is 3.93. The zero-order chi connectivity index (χ0) is 22.1. The van der Waals surface area contributed by atoms with Gasteiger partial charge in [-0.05, 0) is 37.0 Å². The van der Waals surface area contributed by atoms with Crippen LogP contribution < -0.4 is 5.32 Å². The molecule has 0 bridgehead atoms. The number of hydrogen-bond donors (Lipinski definition) is 1. The number of carbonyl (C=O) groups is 2. The molecule has 2 aromatic carbocycles. The van der Waals surface area contributed by atoms with E-state index < -0.39 is 0 Å². The van der Waals surface area contributed by atoms with Crippen molar-refractivity contribution in [3.05, 3.63) is 66.0 Å². The van der Waals surface area contributed by atoms with Crippen molar-refractivity contribution >= 4 is 22.8 Å². The van der Waals surface area contributed by atoms with Gasteiger partial charge in [0.1, 0.15) is 12.4 Å². The van der Waals surface area contributed by atoms with Crippen molar-refractivity contribution in [2.45, 2.75) is 52.6 Å². The Balaban J connectivity index is 1.70. The van der Waals surface area contributed by atoms with Gasteiger partial charge < -0.3 is 14.8 Å². The molecule has 1 heterocycles. The van der Waals surface area contributed by atoms with E-state index in [4.69, 9.17) is 0 Å². The second-order valence-corrected chi connectivity index (χ2v) is 7.75. The molecule has 0 radical (unpaired) electrons. The highest BCUT2D eigenvalue weighted by molar-refractivity contribution is 5.81. The van der Waals surface area contributed by atoms with E-state index in [1.165, 1.54) is 0 Å². The number of carbonyl (C=O) groups excluding carboxylic acids is 2. The van der Waals surface area contributed by atoms with Crippen LogP contribution in [0.3, 0.4) is 0 Å². The maximum Gasteiger partial charge on any atom is 0.242 e. The number of amides is 2. The smallest absolute Gasteiger partial charge is 0.242 e. The van der Waals surface area contributed by atoms with Crippen molar-refractivity contribution in [2.75, 3.05) is 13.1 Å². The number of rotatable bonds is 11. The van der Waals surface area contributed by atoms with Crippen molar-refractivity contribution in [3.8, 4) is 0 Å². The fourth-order valence-corrected chi connectivity index (χ4v) is 3.74. The average molecular weight is 421 g/mol. The molecule has 0 spiro atoms. The van der Waals surface area contributed by atoms with Crippen LogP contribution in [0, 0.1) is 0 Å². The highest BCUT2D eigenvalue weighted by Crippen LogP contribution is 2.17. The number of benzene rings is 2. The maximum atomic E-state index is 13.0. The molecule has 1 aromatic heterocycles. The van der Waals surface area contributed by atoms with E-state index in [9.17, 15) is 9.59 Å². The van der Waals surface area contributed by atoms with E-state index in [-0.39, 0.29) is 18.4 Å². The first-order chi connectivity index (χ1) is 15.1. The second kappa shape index (κ2) is 11.3. The van der Waals surface area contributed by atoms with Gasteiger partial charge in [0, 0.05) is 19.5 Å². The Morgan fingerprint density at radius 2 is 1.65 bits per heavy atom. The van der Waals surface area contributed by atoms with Crippen LogP contribution in [0.5, 0.6) is 0 Å². The van der Waals surface area contributed by atoms with E-state index in [0.717, 1.165) is 42.5 Å². The first-order valence-electron chi connectivity index (χ1n) is 11.1. The summed E-state index contributed by atoms with van der Waals surface area (Å²) in [5, 5.41) is 2.98. The van der Waals surface area contributed by atoms with Crippen molar-refractivity contribution in [1.29, 1.82) is 0 Å². The summed E-state index contributed by atoms with van der Waals surface area (Å²) >= 11 is 0. The molecule has 0 saturated heterocycles. The summed E-state index contributed by atoms with van der Waals surface area (Å²) < 4.78 is 1.94. The first-order valence-corrected chi connectivity index (χ1v) is 11.1. The molecule has 6 nitrogen and oxygen atoms in total. The van der Waals surface area contributed by atoms with Crippen LogP contribution in [0.25, 0.3) is 11.0 Å². The number of para-hydroxylation sites is 2. The van der Waals surface area contributed by atoms with Gasteiger partial charge in [-0.25, -0.2) is 4.98 Å². The minimum Gasteiger partial charge on any atom is -0.349 e. The minimum absolute atomic E-state index is 0.0209. The monoisotopic (exact) mass is 420 g/mol. The van der Waals surface area contributed by atoms with Crippen LogP contribution in [0.4, 0.5) is 0 Å². The largest absolute Gasteiger partial charge is 0.349 e. The van der Waals surface area contributed by atoms with Crippen LogP contribution in [0.1, 0.15) is 44.5 Å². The number of nitrogens with one attached hydrogen (secondary N) is 1. The van der Waals surface area contributed by atoms with Gasteiger partial charge in [0.05, 0.1) is 17.6 Å². The van der Waals surface area contributed by atoms with E-state index in [0.29, 0.717) is 25.2 Å². The van der Waals surface area contributed by atoms with Gasteiger partial charge in [-0.3, -0.25) is 9.59 Å². The molecule has 0 saturated carbocycles. The molecule has 0 atom stereocenters. The lowest BCUT2D eigenvalue weighted by molar-refractivity contribution is -0.131. The van der Waals surface area contributed by atoms with Crippen LogP contribution >= 0.6 is 0 Å². The van der Waals surface area contributed by atoms with E-state index >= 15 is 0 Å². The molecule has 0 unspecified atom stereocenters. The van der Waals surface area contributed by atoms with Crippen molar-refractivity contribution < 1.29 is 9.59 Å². The fraction of sp³-hybridized carbons (Fsp3) is 0.400. The van der Waals surface area contributed by atoms with Gasteiger partial charge in [0.2, 0.25) is 11.8 Å². The molecule has 0 fully saturated rings. The summed E-state index contributed by atoms with van der Waals surface area (Å²) in [5.74, 6) is 0.770. The molecular weight excluding hydrogens is 388 g/mol. The Bertz CT molecular complexity index is 991. The highest BCUT2D eigenvalue weighted by Gasteiger charge is 2.18. The Labute approximate surface area is 184 Å². The summed E-state index contributed by atoms with van der Waals surface area (Å²) in [5.41, 5.74) is 2.89. The van der Waals surface area contributed by atoms with Crippen molar-refractivity contribution in [1.82, 2.24) is 19.8 Å². The third-order valence-corrected chi connectivity index (χ3v) is 5.29. The highest BCUT2D eigenvalue weighted by atomic mass is 16.2. The van der Waals surface area contributed by atoms with Gasteiger partial charge >= 0.3 is 0 Å². The number of imidazole rings is 1. The molecule has 1 N–H and O–H groups in total. The second-order valence-electron chi connectivity index (χ2n) is 7.75. The Morgan fingerprint density at radius 3 is 2.35 bits per heavy atom. The molecule has 0 aliphatic carbocycles. The van der Waals surface area contributed by atoms with Gasteiger partial charge in [0.15, 0.2) is 0 Å². The van der Waals surface area contributed by atoms with Gasteiger partial charge in [-0.15, -0.1) is 0 Å². The van der Waals surface area contributed by atoms with E-state index in [2.05, 4.69) is 24.1 Å². The van der Waals surface area contributed by atoms with Gasteiger partial charge in [-0.2, -0.15) is 0 Å². The lowest BCUT2D eigenvalue weighted by atomic mass is 10.1. The average Bonchev–Trinajstić information content (AvgIpc) is 3.14. The number of aromatic nitrogens is 2. The van der Waals surface area contributed by atoms with Crippen LogP contribution in [-0.4, -0.2) is 39.4 Å². The van der Waals surface area contributed by atoms with Gasteiger partial charge in [0.25, 0.3) is 0 Å². The van der Waals surface area contributed by atoms with E-state index in [1.54, 1.807) is 0 Å². The summed E-state index contributed by atoms with van der Waals surface area (Å²) in [6, 6.07) is 17.8. The van der Waals surface area contributed by atoms with Crippen molar-refractivity contribution in [3.63, 3.8) is 0 Å². The minimum atomic E-state index is -0.0209. The molecule has 31 heavy (non-hydrogen) atoms. The molecule has 3 rings (SSSR count). The normalized spacial score (nSPS) is 10.9. The number of hydrogen-bond acceptors (Lipinski definition) is 3. The summed E-state index contributed by atoms with van der Waals surface area (Å²) in [4.78, 5) is 32.0. The zero-order valence-electron chi connectivity index (χ0n) is 18.5. The number of fused-ring (bicyclic) bond motifs is 1. The van der Waals surface area contributed by atoms with E-state index in [1.807, 2.05) is 64.1 Å². The lowest BCUT2D eigenvalue weighted by Gasteiger charge is -2.22. The molecule has 0 aliphatic rings. The Kier molecular flexibility index (Phi) is 8.21. The van der Waals surface area contributed by atoms with Crippen molar-refractivity contribution in [2.24, 2.45) is 0 Å². The topological polar surface area (TPSA) is 67.2 Å². The molecular formula is C25H32N4O2. The molecule has 2 amide bonds. The quantitative estimate of drug-likeness (QED) is 0.511. The van der Waals surface area contributed by atoms with Crippen LogP contribution in [0.2, 0.25) is 0 Å². The number of aryl methyl sites for hydroxylation is 1. The standard InChI is InChI=1S/C25H32N4O2/c1-3-16-28(17-4-2)25(31)19-29-22-13-9-8-12-21(22)27-23(29)18-26-24(30)15-14-20-10-6-5-7-11-20/h5-13H,3-4,14-19H2,1-2H3,(H,26,30). The predicted molar refractivity (Wildman–Crippen MR) is 124 cm³/mol. The van der Waals surface area contributed by atoms with Gasteiger partial charge in [-0.1, -0.05) is 56.3 Å². The molecule has 0 aliphatic heterocycles.